The molecule has 1 amide bonds. The average Bonchev–Trinajstić information content (AvgIpc) is 3.42. The normalized spacial score (nSPS) is 11.7. The number of carbonyl (C=O) groups is 2. The number of aromatic nitrogens is 5. The number of nitrogens with one attached hydrogen (secondary N) is 3. The Morgan fingerprint density at radius 2 is 1.89 bits per heavy atom. The number of hydrogen-bond donors (Lipinski definition) is 4. The van der Waals surface area contributed by atoms with E-state index in [9.17, 15) is 22.8 Å². The minimum absolute atomic E-state index is 0.0107. The van der Waals surface area contributed by atoms with E-state index in [1.165, 1.54) is 23.8 Å². The van der Waals surface area contributed by atoms with Crippen LogP contribution in [-0.2, 0) is 0 Å². The van der Waals surface area contributed by atoms with E-state index >= 15 is 0 Å². The first-order valence-corrected chi connectivity index (χ1v) is 10.9. The van der Waals surface area contributed by atoms with Crippen LogP contribution in [0.25, 0.3) is 27.7 Å². The highest BCUT2D eigenvalue weighted by Crippen LogP contribution is 2.31. The number of aromatic amines is 1. The molecule has 0 atom stereocenters. The van der Waals surface area contributed by atoms with Crippen molar-refractivity contribution in [2.75, 3.05) is 17.6 Å². The summed E-state index contributed by atoms with van der Waals surface area (Å²) >= 11 is 0. The third-order valence-corrected chi connectivity index (χ3v) is 5.57. The second kappa shape index (κ2) is 8.93. The van der Waals surface area contributed by atoms with Crippen molar-refractivity contribution in [2.24, 2.45) is 0 Å². The third kappa shape index (κ3) is 4.91. The first kappa shape index (κ1) is 23.8. The molecule has 3 heterocycles. The summed E-state index contributed by atoms with van der Waals surface area (Å²) < 4.78 is 39.3. The minimum atomic E-state index is -4.56. The predicted octanol–water partition coefficient (Wildman–Crippen LogP) is 4.09. The van der Waals surface area contributed by atoms with Crippen molar-refractivity contribution in [3.05, 3.63) is 66.0 Å². The van der Waals surface area contributed by atoms with E-state index in [2.05, 4.69) is 25.4 Å². The van der Waals surface area contributed by atoms with E-state index in [4.69, 9.17) is 5.73 Å². The van der Waals surface area contributed by atoms with Crippen molar-refractivity contribution in [3.8, 4) is 11.1 Å². The van der Waals surface area contributed by atoms with Crippen molar-refractivity contribution in [2.45, 2.75) is 13.1 Å². The Hall–Kier alpha value is -4.94. The monoisotopic (exact) mass is 508 g/mol. The predicted molar refractivity (Wildman–Crippen MR) is 131 cm³/mol. The molecule has 37 heavy (non-hydrogen) atoms. The van der Waals surface area contributed by atoms with E-state index in [0.29, 0.717) is 44.9 Å². The van der Waals surface area contributed by atoms with Crippen LogP contribution in [0.15, 0.2) is 54.9 Å². The maximum absolute atomic E-state index is 12.7. The fourth-order valence-electron chi connectivity index (χ4n) is 3.87. The number of imidazole rings is 1. The highest BCUT2D eigenvalue weighted by atomic mass is 19.4. The van der Waals surface area contributed by atoms with Gasteiger partial charge in [0, 0.05) is 23.0 Å². The molecule has 0 bridgehead atoms. The molecular weight excluding hydrogens is 489 g/mol. The van der Waals surface area contributed by atoms with Gasteiger partial charge in [-0.15, -0.1) is 5.10 Å². The van der Waals surface area contributed by atoms with Gasteiger partial charge in [0.25, 0.3) is 5.91 Å². The number of nitrogen functional groups attached to an aromatic ring is 1. The fourth-order valence-corrected chi connectivity index (χ4v) is 3.87. The number of carbonyl (C=O) groups excluding carboxylic acids is 2. The number of anilines is 3. The Bertz CT molecular complexity index is 1650. The Balaban J connectivity index is 1.45. The summed E-state index contributed by atoms with van der Waals surface area (Å²) in [4.78, 5) is 35.8. The molecule has 13 heteroatoms. The molecule has 0 radical (unpaired) electrons. The Labute approximate surface area is 206 Å². The standard InChI is InChI=1S/C24H19F3N8O2/c1-12(36)14-4-7-17-18(8-14)33-23(32-17)31-15-5-2-13(3-6-15)20-16(21(37)30-11-24(25,26)27)10-35-19(20)9-29-22(28)34-35/h2-10H,11H2,1H3,(H2,28,34)(H,30,37)(H2,31,32,33). The van der Waals surface area contributed by atoms with Gasteiger partial charge < -0.3 is 21.4 Å². The highest BCUT2D eigenvalue weighted by Gasteiger charge is 2.29. The van der Waals surface area contributed by atoms with Gasteiger partial charge in [-0.3, -0.25) is 9.59 Å². The molecule has 0 saturated heterocycles. The molecule has 10 nitrogen and oxygen atoms in total. The molecule has 0 aliphatic heterocycles. The Morgan fingerprint density at radius 1 is 1.14 bits per heavy atom. The van der Waals surface area contributed by atoms with Crippen LogP contribution >= 0.6 is 0 Å². The summed E-state index contributed by atoms with van der Waals surface area (Å²) in [6.07, 6.45) is -1.85. The number of ketones is 1. The van der Waals surface area contributed by atoms with Crippen LogP contribution in [0.1, 0.15) is 27.6 Å². The van der Waals surface area contributed by atoms with Gasteiger partial charge in [0.15, 0.2) is 5.78 Å². The lowest BCUT2D eigenvalue weighted by atomic mass is 10.0. The molecule has 0 fully saturated rings. The average molecular weight is 508 g/mol. The molecule has 0 spiro atoms. The van der Waals surface area contributed by atoms with Crippen LogP contribution in [0.2, 0.25) is 0 Å². The highest BCUT2D eigenvalue weighted by molar-refractivity contribution is 6.05. The molecule has 0 unspecified atom stereocenters. The van der Waals surface area contributed by atoms with E-state index in [1.807, 2.05) is 5.32 Å². The summed E-state index contributed by atoms with van der Waals surface area (Å²) in [7, 11) is 0. The van der Waals surface area contributed by atoms with Gasteiger partial charge >= 0.3 is 6.18 Å². The lowest BCUT2D eigenvalue weighted by Gasteiger charge is -2.10. The van der Waals surface area contributed by atoms with Crippen LogP contribution < -0.4 is 16.4 Å². The van der Waals surface area contributed by atoms with Crippen LogP contribution in [0.4, 0.5) is 30.8 Å². The number of amides is 1. The number of fused-ring (bicyclic) bond motifs is 2. The van der Waals surface area contributed by atoms with E-state index in [1.54, 1.807) is 42.5 Å². The second-order valence-electron chi connectivity index (χ2n) is 8.24. The molecule has 2 aromatic carbocycles. The molecule has 5 N–H and O–H groups in total. The molecule has 0 aliphatic rings. The Kier molecular flexibility index (Phi) is 5.74. The van der Waals surface area contributed by atoms with Crippen LogP contribution in [0.5, 0.6) is 0 Å². The summed E-state index contributed by atoms with van der Waals surface area (Å²) in [5.74, 6) is -0.573. The number of benzene rings is 2. The number of halogens is 3. The van der Waals surface area contributed by atoms with Crippen molar-refractivity contribution >= 4 is 45.8 Å². The van der Waals surface area contributed by atoms with Gasteiger partial charge in [-0.1, -0.05) is 12.1 Å². The Morgan fingerprint density at radius 3 is 2.59 bits per heavy atom. The maximum Gasteiger partial charge on any atom is 0.405 e. The van der Waals surface area contributed by atoms with Crippen molar-refractivity contribution in [1.29, 1.82) is 0 Å². The fraction of sp³-hybridized carbons (Fsp3) is 0.125. The number of nitrogens with two attached hydrogens (primary N) is 1. The smallest absolute Gasteiger partial charge is 0.367 e. The molecule has 5 aromatic rings. The van der Waals surface area contributed by atoms with Gasteiger partial charge in [-0.25, -0.2) is 14.5 Å². The first-order chi connectivity index (χ1) is 17.6. The molecule has 0 saturated carbocycles. The third-order valence-electron chi connectivity index (χ3n) is 5.57. The summed E-state index contributed by atoms with van der Waals surface area (Å²) in [5.41, 5.74) is 9.51. The maximum atomic E-state index is 12.7. The number of rotatable bonds is 6. The number of Topliss-reactive ketones (excluding diaryl/α,β-unsaturated/α-hetero) is 1. The van der Waals surface area contributed by atoms with Gasteiger partial charge in [-0.2, -0.15) is 13.2 Å². The van der Waals surface area contributed by atoms with E-state index in [-0.39, 0.29) is 17.3 Å². The van der Waals surface area contributed by atoms with Crippen molar-refractivity contribution in [1.82, 2.24) is 29.9 Å². The van der Waals surface area contributed by atoms with Crippen LogP contribution in [0, 0.1) is 0 Å². The van der Waals surface area contributed by atoms with Crippen molar-refractivity contribution in [3.63, 3.8) is 0 Å². The number of nitrogens with zero attached hydrogens (tertiary/aromatic N) is 4. The minimum Gasteiger partial charge on any atom is -0.367 e. The number of hydrogen-bond acceptors (Lipinski definition) is 7. The zero-order chi connectivity index (χ0) is 26.3. The van der Waals surface area contributed by atoms with E-state index < -0.39 is 18.6 Å². The van der Waals surface area contributed by atoms with Crippen LogP contribution in [0.3, 0.4) is 0 Å². The van der Waals surface area contributed by atoms with Gasteiger partial charge in [0.1, 0.15) is 6.54 Å². The molecule has 188 valence electrons. The van der Waals surface area contributed by atoms with Gasteiger partial charge in [-0.05, 0) is 42.8 Å². The number of H-pyrrole nitrogens is 1. The van der Waals surface area contributed by atoms with Gasteiger partial charge in [0.2, 0.25) is 11.9 Å². The lowest BCUT2D eigenvalue weighted by molar-refractivity contribution is -0.123. The summed E-state index contributed by atoms with van der Waals surface area (Å²) in [5, 5.41) is 9.04. The quantitative estimate of drug-likeness (QED) is 0.253. The summed E-state index contributed by atoms with van der Waals surface area (Å²) in [6, 6.07) is 12.0. The van der Waals surface area contributed by atoms with E-state index in [0.717, 1.165) is 0 Å². The molecule has 0 aliphatic carbocycles. The number of alkyl halides is 3. The summed E-state index contributed by atoms with van der Waals surface area (Å²) in [6.45, 7) is 0.0126. The lowest BCUT2D eigenvalue weighted by Crippen LogP contribution is -2.33. The molecule has 5 rings (SSSR count). The topological polar surface area (TPSA) is 143 Å². The SMILES string of the molecule is CC(=O)c1ccc2nc(Nc3ccc(-c4c(C(=O)NCC(F)(F)F)cn5nc(N)ncc45)cc3)[nH]c2c1. The van der Waals surface area contributed by atoms with Crippen molar-refractivity contribution < 1.29 is 22.8 Å². The second-order valence-corrected chi connectivity index (χ2v) is 8.24. The van der Waals surface area contributed by atoms with Gasteiger partial charge in [0.05, 0.1) is 28.3 Å². The van der Waals surface area contributed by atoms with Crippen LogP contribution in [-0.4, -0.2) is 49.0 Å². The largest absolute Gasteiger partial charge is 0.405 e. The molecular formula is C24H19F3N8O2. The molecule has 3 aromatic heterocycles. The zero-order valence-electron chi connectivity index (χ0n) is 19.2. The first-order valence-electron chi connectivity index (χ1n) is 10.9. The zero-order valence-corrected chi connectivity index (χ0v) is 19.2.